The van der Waals surface area contributed by atoms with Gasteiger partial charge in [0.1, 0.15) is 5.69 Å². The summed E-state index contributed by atoms with van der Waals surface area (Å²) in [7, 11) is 0. The van der Waals surface area contributed by atoms with Crippen LogP contribution in [0.5, 0.6) is 5.75 Å². The zero-order valence-electron chi connectivity index (χ0n) is 11.4. The van der Waals surface area contributed by atoms with Gasteiger partial charge in [-0.05, 0) is 38.3 Å². The van der Waals surface area contributed by atoms with Crippen molar-refractivity contribution < 1.29 is 14.4 Å². The van der Waals surface area contributed by atoms with Gasteiger partial charge in [0, 0.05) is 0 Å². The average Bonchev–Trinajstić information content (AvgIpc) is 3.01. The maximum atomic E-state index is 11.3. The molecule has 1 aromatic rings. The van der Waals surface area contributed by atoms with Gasteiger partial charge in [-0.15, -0.1) is 0 Å². The Balaban J connectivity index is 1.85. The molecule has 0 aliphatic carbocycles. The lowest BCUT2D eigenvalue weighted by atomic mass is 9.95. The molecule has 6 heteroatoms. The van der Waals surface area contributed by atoms with Crippen molar-refractivity contribution in [3.8, 4) is 5.75 Å². The molecule has 0 spiro atoms. The summed E-state index contributed by atoms with van der Waals surface area (Å²) in [5.41, 5.74) is 0.527. The lowest BCUT2D eigenvalue weighted by molar-refractivity contribution is -0.385. The summed E-state index contributed by atoms with van der Waals surface area (Å²) in [5.74, 6) is 0.312. The molecular weight excluding hydrogens is 260 g/mol. The number of nitro groups is 1. The van der Waals surface area contributed by atoms with Crippen LogP contribution in [0.15, 0.2) is 18.2 Å². The van der Waals surface area contributed by atoms with Gasteiger partial charge in [-0.1, -0.05) is 6.07 Å². The molecule has 2 heterocycles. The van der Waals surface area contributed by atoms with Crippen LogP contribution in [-0.4, -0.2) is 29.8 Å². The third kappa shape index (κ3) is 2.31. The van der Waals surface area contributed by atoms with Crippen molar-refractivity contribution in [2.24, 2.45) is 0 Å². The quantitative estimate of drug-likeness (QED) is 0.662. The molecule has 3 unspecified atom stereocenters. The molecule has 2 bridgehead atoms. The van der Waals surface area contributed by atoms with Gasteiger partial charge in [-0.2, -0.15) is 0 Å². The van der Waals surface area contributed by atoms with E-state index in [-0.39, 0.29) is 22.8 Å². The summed E-state index contributed by atoms with van der Waals surface area (Å²) in [6.07, 6.45) is 3.54. The number of nitro benzene ring substituents is 1. The van der Waals surface area contributed by atoms with Crippen LogP contribution in [0, 0.1) is 10.1 Å². The van der Waals surface area contributed by atoms with Gasteiger partial charge in [-0.3, -0.25) is 10.1 Å². The number of fused-ring (bicyclic) bond motifs is 2. The van der Waals surface area contributed by atoms with Crippen molar-refractivity contribution in [2.45, 2.75) is 44.4 Å². The average molecular weight is 278 g/mol. The SMILES string of the molecule is CCOc1cccc(NC2CC3CCC2O3)c1[N+](=O)[O-]. The molecule has 0 aromatic heterocycles. The molecule has 2 aliphatic rings. The first-order valence-corrected chi connectivity index (χ1v) is 7.01. The number of hydrogen-bond donors (Lipinski definition) is 1. The molecule has 6 nitrogen and oxygen atoms in total. The van der Waals surface area contributed by atoms with E-state index in [9.17, 15) is 10.1 Å². The summed E-state index contributed by atoms with van der Waals surface area (Å²) in [4.78, 5) is 10.9. The third-order valence-electron chi connectivity index (χ3n) is 3.93. The van der Waals surface area contributed by atoms with Crippen LogP contribution in [0.25, 0.3) is 0 Å². The number of nitrogens with zero attached hydrogens (tertiary/aromatic N) is 1. The molecule has 108 valence electrons. The Bertz CT molecular complexity index is 520. The maximum Gasteiger partial charge on any atom is 0.333 e. The highest BCUT2D eigenvalue weighted by Crippen LogP contribution is 2.40. The molecule has 3 rings (SSSR count). The molecular formula is C14H18N2O4. The topological polar surface area (TPSA) is 73.6 Å². The fourth-order valence-electron chi connectivity index (χ4n) is 3.09. The zero-order valence-corrected chi connectivity index (χ0v) is 11.4. The van der Waals surface area contributed by atoms with Crippen LogP contribution in [-0.2, 0) is 4.74 Å². The standard InChI is InChI=1S/C14H18N2O4/c1-2-19-13-5-3-4-10(14(13)16(17)18)15-11-8-9-6-7-12(11)20-9/h3-5,9,11-12,15H,2,6-8H2,1H3. The van der Waals surface area contributed by atoms with Crippen LogP contribution in [0.1, 0.15) is 26.2 Å². The Morgan fingerprint density at radius 1 is 1.50 bits per heavy atom. The van der Waals surface area contributed by atoms with Gasteiger partial charge < -0.3 is 14.8 Å². The van der Waals surface area contributed by atoms with Crippen LogP contribution in [0.3, 0.4) is 0 Å². The van der Waals surface area contributed by atoms with E-state index >= 15 is 0 Å². The minimum Gasteiger partial charge on any atom is -0.487 e. The maximum absolute atomic E-state index is 11.3. The Hall–Kier alpha value is -1.82. The number of rotatable bonds is 5. The van der Waals surface area contributed by atoms with Crippen LogP contribution in [0.4, 0.5) is 11.4 Å². The number of para-hydroxylation sites is 1. The van der Waals surface area contributed by atoms with Crippen LogP contribution < -0.4 is 10.1 Å². The summed E-state index contributed by atoms with van der Waals surface area (Å²) >= 11 is 0. The van der Waals surface area contributed by atoms with E-state index in [0.717, 1.165) is 19.3 Å². The van der Waals surface area contributed by atoms with Gasteiger partial charge >= 0.3 is 5.69 Å². The second-order valence-electron chi connectivity index (χ2n) is 5.20. The normalized spacial score (nSPS) is 27.6. The molecule has 0 amide bonds. The second-order valence-corrected chi connectivity index (χ2v) is 5.20. The number of anilines is 1. The van der Waals surface area contributed by atoms with Gasteiger partial charge in [0.05, 0.1) is 29.8 Å². The highest BCUT2D eigenvalue weighted by Gasteiger charge is 2.41. The molecule has 2 aliphatic heterocycles. The summed E-state index contributed by atoms with van der Waals surface area (Å²) in [5, 5.41) is 14.6. The first kappa shape index (κ1) is 13.2. The minimum absolute atomic E-state index is 0.0112. The number of benzene rings is 1. The summed E-state index contributed by atoms with van der Waals surface area (Å²) in [6, 6.07) is 5.29. The Morgan fingerprint density at radius 3 is 2.95 bits per heavy atom. The minimum atomic E-state index is -0.388. The molecule has 3 atom stereocenters. The van der Waals surface area contributed by atoms with E-state index < -0.39 is 0 Å². The Morgan fingerprint density at radius 2 is 2.35 bits per heavy atom. The second kappa shape index (κ2) is 5.28. The lowest BCUT2D eigenvalue weighted by Gasteiger charge is -2.21. The predicted octanol–water partition coefficient (Wildman–Crippen LogP) is 2.73. The van der Waals surface area contributed by atoms with Crippen molar-refractivity contribution >= 4 is 11.4 Å². The molecule has 2 saturated heterocycles. The lowest BCUT2D eigenvalue weighted by Crippen LogP contribution is -2.30. The van der Waals surface area contributed by atoms with Gasteiger partial charge in [0.15, 0.2) is 5.75 Å². The number of ether oxygens (including phenoxy) is 2. The third-order valence-corrected chi connectivity index (χ3v) is 3.93. The van der Waals surface area contributed by atoms with Crippen molar-refractivity contribution in [1.82, 2.24) is 0 Å². The molecule has 0 radical (unpaired) electrons. The van der Waals surface area contributed by atoms with Gasteiger partial charge in [0.2, 0.25) is 0 Å². The Labute approximate surface area is 117 Å². The highest BCUT2D eigenvalue weighted by molar-refractivity contribution is 5.69. The van der Waals surface area contributed by atoms with Crippen LogP contribution >= 0.6 is 0 Å². The molecule has 1 N–H and O–H groups in total. The van der Waals surface area contributed by atoms with E-state index in [1.807, 2.05) is 6.92 Å². The Kier molecular flexibility index (Phi) is 3.48. The monoisotopic (exact) mass is 278 g/mol. The van der Waals surface area contributed by atoms with Crippen molar-refractivity contribution in [3.05, 3.63) is 28.3 Å². The summed E-state index contributed by atoms with van der Waals surface area (Å²) < 4.78 is 11.1. The first-order chi connectivity index (χ1) is 9.69. The predicted molar refractivity (Wildman–Crippen MR) is 74.2 cm³/mol. The fourth-order valence-corrected chi connectivity index (χ4v) is 3.09. The zero-order chi connectivity index (χ0) is 14.1. The highest BCUT2D eigenvalue weighted by atomic mass is 16.6. The van der Waals surface area contributed by atoms with E-state index in [1.165, 1.54) is 0 Å². The van der Waals surface area contributed by atoms with Crippen molar-refractivity contribution in [3.63, 3.8) is 0 Å². The molecule has 20 heavy (non-hydrogen) atoms. The summed E-state index contributed by atoms with van der Waals surface area (Å²) in [6.45, 7) is 2.22. The molecule has 0 saturated carbocycles. The van der Waals surface area contributed by atoms with E-state index in [2.05, 4.69) is 5.32 Å². The largest absolute Gasteiger partial charge is 0.487 e. The fraction of sp³-hybridized carbons (Fsp3) is 0.571. The van der Waals surface area contributed by atoms with E-state index in [0.29, 0.717) is 24.1 Å². The number of hydrogen-bond acceptors (Lipinski definition) is 5. The van der Waals surface area contributed by atoms with Crippen molar-refractivity contribution in [2.75, 3.05) is 11.9 Å². The van der Waals surface area contributed by atoms with Gasteiger partial charge in [0.25, 0.3) is 0 Å². The molecule has 1 aromatic carbocycles. The van der Waals surface area contributed by atoms with Crippen LogP contribution in [0.2, 0.25) is 0 Å². The number of nitrogens with one attached hydrogen (secondary N) is 1. The first-order valence-electron chi connectivity index (χ1n) is 7.01. The van der Waals surface area contributed by atoms with E-state index in [1.54, 1.807) is 18.2 Å². The smallest absolute Gasteiger partial charge is 0.333 e. The molecule has 2 fully saturated rings. The van der Waals surface area contributed by atoms with Gasteiger partial charge in [-0.25, -0.2) is 0 Å². The van der Waals surface area contributed by atoms with E-state index in [4.69, 9.17) is 9.47 Å². The van der Waals surface area contributed by atoms with Crippen molar-refractivity contribution in [1.29, 1.82) is 0 Å².